The van der Waals surface area contributed by atoms with Gasteiger partial charge in [0.05, 0.1) is 12.2 Å². The van der Waals surface area contributed by atoms with Crippen molar-refractivity contribution in [2.24, 2.45) is 11.7 Å². The lowest BCUT2D eigenvalue weighted by molar-refractivity contribution is 0.135. The lowest BCUT2D eigenvalue weighted by Crippen LogP contribution is -2.40. The summed E-state index contributed by atoms with van der Waals surface area (Å²) in [5.41, 5.74) is 7.41. The van der Waals surface area contributed by atoms with Gasteiger partial charge < -0.3 is 5.73 Å². The predicted molar refractivity (Wildman–Crippen MR) is 81.5 cm³/mol. The molecule has 20 heavy (non-hydrogen) atoms. The van der Waals surface area contributed by atoms with Crippen LogP contribution in [0.2, 0.25) is 0 Å². The monoisotopic (exact) mass is 276 g/mol. The summed E-state index contributed by atoms with van der Waals surface area (Å²) < 4.78 is 2.05. The normalized spacial score (nSPS) is 28.8. The Bertz CT molecular complexity index is 439. The minimum absolute atomic E-state index is 0.357. The molecule has 1 saturated heterocycles. The standard InChI is InChI=1S/C16H28N4/c1-12(2)20-11-14(10-18-20)16(9-17)19-8-7-13-5-3-4-6-15(13)19/h10-13,15-16H,3-9,17H2,1-2H3. The highest BCUT2D eigenvalue weighted by Crippen LogP contribution is 2.40. The molecular weight excluding hydrogens is 248 g/mol. The molecule has 4 nitrogen and oxygen atoms in total. The number of nitrogens with zero attached hydrogens (tertiary/aromatic N) is 3. The molecule has 1 aliphatic carbocycles. The highest BCUT2D eigenvalue weighted by molar-refractivity contribution is 5.13. The lowest BCUT2D eigenvalue weighted by Gasteiger charge is -2.36. The molecule has 4 heteroatoms. The van der Waals surface area contributed by atoms with E-state index in [1.807, 2.05) is 10.9 Å². The van der Waals surface area contributed by atoms with Crippen molar-refractivity contribution < 1.29 is 0 Å². The molecule has 3 unspecified atom stereocenters. The van der Waals surface area contributed by atoms with Crippen molar-refractivity contribution in [3.63, 3.8) is 0 Å². The van der Waals surface area contributed by atoms with Gasteiger partial charge in [-0.15, -0.1) is 0 Å². The average molecular weight is 276 g/mol. The Balaban J connectivity index is 1.78. The number of fused-ring (bicyclic) bond motifs is 1. The van der Waals surface area contributed by atoms with E-state index in [1.54, 1.807) is 0 Å². The molecule has 3 rings (SSSR count). The molecule has 1 aromatic heterocycles. The van der Waals surface area contributed by atoms with Gasteiger partial charge in [-0.3, -0.25) is 9.58 Å². The highest BCUT2D eigenvalue weighted by Gasteiger charge is 2.39. The maximum atomic E-state index is 6.11. The van der Waals surface area contributed by atoms with Crippen molar-refractivity contribution >= 4 is 0 Å². The fourth-order valence-corrected chi connectivity index (χ4v) is 4.10. The van der Waals surface area contributed by atoms with Crippen LogP contribution in [0.3, 0.4) is 0 Å². The van der Waals surface area contributed by atoms with Gasteiger partial charge in [-0.25, -0.2) is 0 Å². The largest absolute Gasteiger partial charge is 0.329 e. The van der Waals surface area contributed by atoms with E-state index in [-0.39, 0.29) is 0 Å². The van der Waals surface area contributed by atoms with Gasteiger partial charge in [0.2, 0.25) is 0 Å². The first-order chi connectivity index (χ1) is 9.70. The second kappa shape index (κ2) is 5.86. The maximum Gasteiger partial charge on any atom is 0.0538 e. The van der Waals surface area contributed by atoms with Crippen molar-refractivity contribution in [3.05, 3.63) is 18.0 Å². The summed E-state index contributed by atoms with van der Waals surface area (Å²) in [6.07, 6.45) is 11.2. The maximum absolute atomic E-state index is 6.11. The fourth-order valence-electron chi connectivity index (χ4n) is 4.10. The molecule has 3 atom stereocenters. The molecule has 0 aromatic carbocycles. The molecule has 2 aliphatic rings. The molecule has 0 spiro atoms. The molecule has 2 heterocycles. The van der Waals surface area contributed by atoms with Crippen LogP contribution in [0.4, 0.5) is 0 Å². The molecule has 0 radical (unpaired) electrons. The number of hydrogen-bond acceptors (Lipinski definition) is 3. The van der Waals surface area contributed by atoms with Crippen molar-refractivity contribution in [2.45, 2.75) is 64.1 Å². The Kier molecular flexibility index (Phi) is 4.13. The van der Waals surface area contributed by atoms with E-state index < -0.39 is 0 Å². The summed E-state index contributed by atoms with van der Waals surface area (Å²) in [5.74, 6) is 0.915. The van der Waals surface area contributed by atoms with Crippen LogP contribution in [0, 0.1) is 5.92 Å². The Hall–Kier alpha value is -0.870. The number of nitrogens with two attached hydrogens (primary N) is 1. The van der Waals surface area contributed by atoms with Crippen LogP contribution in [0.1, 0.15) is 63.6 Å². The summed E-state index contributed by atoms with van der Waals surface area (Å²) in [7, 11) is 0. The van der Waals surface area contributed by atoms with Crippen LogP contribution in [-0.2, 0) is 0 Å². The van der Waals surface area contributed by atoms with Crippen LogP contribution >= 0.6 is 0 Å². The van der Waals surface area contributed by atoms with Gasteiger partial charge in [0.1, 0.15) is 0 Å². The summed E-state index contributed by atoms with van der Waals surface area (Å²) in [4.78, 5) is 2.67. The number of hydrogen-bond donors (Lipinski definition) is 1. The van der Waals surface area contributed by atoms with E-state index >= 15 is 0 Å². The van der Waals surface area contributed by atoms with E-state index in [2.05, 4.69) is 30.0 Å². The molecule has 0 amide bonds. The predicted octanol–water partition coefficient (Wildman–Crippen LogP) is 2.73. The fraction of sp³-hybridized carbons (Fsp3) is 0.812. The van der Waals surface area contributed by atoms with Gasteiger partial charge in [0, 0.05) is 30.4 Å². The average Bonchev–Trinajstić information content (AvgIpc) is 3.08. The molecular formula is C16H28N4. The first-order valence-corrected chi connectivity index (χ1v) is 8.20. The summed E-state index contributed by atoms with van der Waals surface area (Å²) in [6, 6.07) is 1.54. The zero-order valence-electron chi connectivity index (χ0n) is 12.8. The first kappa shape index (κ1) is 14.1. The molecule has 2 fully saturated rings. The SMILES string of the molecule is CC(C)n1cc(C(CN)N2CCC3CCCCC32)cn1. The van der Waals surface area contributed by atoms with Crippen LogP contribution in [0.5, 0.6) is 0 Å². The van der Waals surface area contributed by atoms with Gasteiger partial charge in [-0.1, -0.05) is 12.8 Å². The minimum Gasteiger partial charge on any atom is -0.329 e. The number of aromatic nitrogens is 2. The molecule has 112 valence electrons. The van der Waals surface area contributed by atoms with Crippen LogP contribution in [-0.4, -0.2) is 33.8 Å². The van der Waals surface area contributed by atoms with Crippen molar-refractivity contribution in [1.29, 1.82) is 0 Å². The number of likely N-dealkylation sites (tertiary alicyclic amines) is 1. The molecule has 1 aliphatic heterocycles. The van der Waals surface area contributed by atoms with Gasteiger partial charge in [0.25, 0.3) is 0 Å². The number of rotatable bonds is 4. The first-order valence-electron chi connectivity index (χ1n) is 8.20. The second-order valence-corrected chi connectivity index (χ2v) is 6.74. The van der Waals surface area contributed by atoms with E-state index in [0.29, 0.717) is 18.6 Å². The van der Waals surface area contributed by atoms with Crippen LogP contribution in [0.15, 0.2) is 12.4 Å². The Labute approximate surface area is 122 Å². The van der Waals surface area contributed by atoms with E-state index in [0.717, 1.165) is 12.0 Å². The summed E-state index contributed by atoms with van der Waals surface area (Å²) in [5, 5.41) is 4.49. The third-order valence-electron chi connectivity index (χ3n) is 5.21. The van der Waals surface area contributed by atoms with Crippen LogP contribution < -0.4 is 5.73 Å². The third kappa shape index (κ3) is 2.51. The van der Waals surface area contributed by atoms with Crippen LogP contribution in [0.25, 0.3) is 0 Å². The van der Waals surface area contributed by atoms with Gasteiger partial charge in [-0.05, 0) is 45.6 Å². The summed E-state index contributed by atoms with van der Waals surface area (Å²) >= 11 is 0. The Morgan fingerprint density at radius 1 is 1.30 bits per heavy atom. The Morgan fingerprint density at radius 3 is 2.80 bits per heavy atom. The highest BCUT2D eigenvalue weighted by atomic mass is 15.3. The smallest absolute Gasteiger partial charge is 0.0538 e. The molecule has 0 bridgehead atoms. The Morgan fingerprint density at radius 2 is 2.10 bits per heavy atom. The topological polar surface area (TPSA) is 47.1 Å². The molecule has 1 aromatic rings. The summed E-state index contributed by atoms with van der Waals surface area (Å²) in [6.45, 7) is 6.25. The van der Waals surface area contributed by atoms with E-state index in [4.69, 9.17) is 5.73 Å². The van der Waals surface area contributed by atoms with E-state index in [1.165, 1.54) is 44.2 Å². The minimum atomic E-state index is 0.357. The van der Waals surface area contributed by atoms with Crippen molar-refractivity contribution in [2.75, 3.05) is 13.1 Å². The zero-order chi connectivity index (χ0) is 14.1. The second-order valence-electron chi connectivity index (χ2n) is 6.74. The van der Waals surface area contributed by atoms with Gasteiger partial charge in [-0.2, -0.15) is 5.10 Å². The zero-order valence-corrected chi connectivity index (χ0v) is 12.8. The quantitative estimate of drug-likeness (QED) is 0.920. The molecule has 1 saturated carbocycles. The molecule has 2 N–H and O–H groups in total. The lowest BCUT2D eigenvalue weighted by atomic mass is 9.85. The van der Waals surface area contributed by atoms with E-state index in [9.17, 15) is 0 Å². The van der Waals surface area contributed by atoms with Crippen molar-refractivity contribution in [3.8, 4) is 0 Å². The van der Waals surface area contributed by atoms with Gasteiger partial charge >= 0.3 is 0 Å². The van der Waals surface area contributed by atoms with Gasteiger partial charge in [0.15, 0.2) is 0 Å². The van der Waals surface area contributed by atoms with Crippen molar-refractivity contribution in [1.82, 2.24) is 14.7 Å². The third-order valence-corrected chi connectivity index (χ3v) is 5.21.